The van der Waals surface area contributed by atoms with Gasteiger partial charge in [0, 0.05) is 4.88 Å². The molecule has 6 nitrogen and oxygen atoms in total. The molecular weight excluding hydrogens is 366 g/mol. The van der Waals surface area contributed by atoms with Crippen LogP contribution in [-0.4, -0.2) is 29.6 Å². The van der Waals surface area contributed by atoms with E-state index in [1.807, 2.05) is 13.8 Å². The molecule has 2 N–H and O–H groups in total. The van der Waals surface area contributed by atoms with Gasteiger partial charge in [-0.15, -0.1) is 11.3 Å². The third-order valence-electron chi connectivity index (χ3n) is 6.09. The fourth-order valence-corrected chi connectivity index (χ4v) is 6.02. The van der Waals surface area contributed by atoms with Gasteiger partial charge in [0.05, 0.1) is 24.0 Å². The van der Waals surface area contributed by atoms with Crippen LogP contribution in [0.25, 0.3) is 0 Å². The monoisotopic (exact) mass is 393 g/mol. The zero-order chi connectivity index (χ0) is 19.7. The molecule has 1 heterocycles. The number of aliphatic carboxylic acids is 1. The van der Waals surface area contributed by atoms with E-state index >= 15 is 0 Å². The van der Waals surface area contributed by atoms with Crippen LogP contribution in [0.5, 0.6) is 0 Å². The fraction of sp³-hybridized carbons (Fsp3) is 0.650. The number of fused-ring (bicyclic) bond motifs is 3. The molecule has 0 radical (unpaired) electrons. The summed E-state index contributed by atoms with van der Waals surface area (Å²) in [7, 11) is 0. The highest BCUT2D eigenvalue weighted by molar-refractivity contribution is 7.16. The van der Waals surface area contributed by atoms with Gasteiger partial charge in [-0.2, -0.15) is 0 Å². The minimum Gasteiger partial charge on any atom is -0.481 e. The zero-order valence-electron chi connectivity index (χ0n) is 16.0. The van der Waals surface area contributed by atoms with E-state index in [1.165, 1.54) is 11.3 Å². The first kappa shape index (κ1) is 19.9. The molecule has 0 saturated heterocycles. The van der Waals surface area contributed by atoms with Crippen LogP contribution in [0.3, 0.4) is 0 Å². The molecule has 2 bridgehead atoms. The maximum absolute atomic E-state index is 13.1. The number of carboxylic acid groups (broad SMARTS) is 1. The Morgan fingerprint density at radius 2 is 1.70 bits per heavy atom. The molecule has 3 fully saturated rings. The number of nitrogens with one attached hydrogen (secondary N) is 1. The number of ether oxygens (including phenoxy) is 1. The Morgan fingerprint density at radius 3 is 2.22 bits per heavy atom. The summed E-state index contributed by atoms with van der Waals surface area (Å²) in [5.74, 6) is -2.57. The first-order valence-corrected chi connectivity index (χ1v) is 10.5. The van der Waals surface area contributed by atoms with Gasteiger partial charge in [0.2, 0.25) is 5.91 Å². The van der Waals surface area contributed by atoms with Crippen molar-refractivity contribution >= 4 is 34.2 Å². The first-order valence-electron chi connectivity index (χ1n) is 9.72. The van der Waals surface area contributed by atoms with Crippen molar-refractivity contribution in [1.82, 2.24) is 0 Å². The summed E-state index contributed by atoms with van der Waals surface area (Å²) in [6.45, 7) is 5.89. The highest BCUT2D eigenvalue weighted by atomic mass is 32.1. The van der Waals surface area contributed by atoms with Gasteiger partial charge < -0.3 is 15.2 Å². The second-order valence-electron chi connectivity index (χ2n) is 7.47. The van der Waals surface area contributed by atoms with E-state index in [-0.39, 0.29) is 24.3 Å². The number of carboxylic acids is 1. The molecule has 3 saturated carbocycles. The lowest BCUT2D eigenvalue weighted by atomic mass is 9.58. The van der Waals surface area contributed by atoms with Gasteiger partial charge in [-0.05, 0) is 63.4 Å². The minimum absolute atomic E-state index is 0.0732. The third-order valence-corrected chi connectivity index (χ3v) is 7.15. The van der Waals surface area contributed by atoms with E-state index in [1.54, 1.807) is 6.92 Å². The van der Waals surface area contributed by atoms with Gasteiger partial charge in [0.25, 0.3) is 0 Å². The molecule has 2 atom stereocenters. The summed E-state index contributed by atoms with van der Waals surface area (Å²) in [5.41, 5.74) is 1.30. The number of aryl methyl sites for hydroxylation is 1. The van der Waals surface area contributed by atoms with Crippen LogP contribution in [0.15, 0.2) is 0 Å². The van der Waals surface area contributed by atoms with Crippen LogP contribution in [0.4, 0.5) is 5.00 Å². The Hall–Kier alpha value is -1.89. The number of carbonyl (C=O) groups excluding carboxylic acids is 2. The van der Waals surface area contributed by atoms with Crippen molar-refractivity contribution in [2.24, 2.45) is 23.7 Å². The number of thiophene rings is 1. The third kappa shape index (κ3) is 3.61. The summed E-state index contributed by atoms with van der Waals surface area (Å²) in [5, 5.41) is 13.1. The normalized spacial score (nSPS) is 26.6. The van der Waals surface area contributed by atoms with Crippen molar-refractivity contribution in [2.75, 3.05) is 11.9 Å². The van der Waals surface area contributed by atoms with E-state index < -0.39 is 23.8 Å². The molecular formula is C20H27NO5S. The van der Waals surface area contributed by atoms with Crippen LogP contribution < -0.4 is 5.32 Å². The Labute approximate surface area is 163 Å². The highest BCUT2D eigenvalue weighted by Crippen LogP contribution is 2.49. The number of esters is 1. The van der Waals surface area contributed by atoms with Crippen LogP contribution in [-0.2, 0) is 20.7 Å². The SMILES string of the molecule is CCOC(=O)c1c(NC(=O)C2C3CCC(CC3)C2C(=O)O)sc(C)c1CC. The lowest BCUT2D eigenvalue weighted by Crippen LogP contribution is -2.49. The minimum atomic E-state index is -0.883. The Bertz CT molecular complexity index is 748. The molecule has 148 valence electrons. The van der Waals surface area contributed by atoms with E-state index in [2.05, 4.69) is 5.32 Å². The van der Waals surface area contributed by atoms with Crippen LogP contribution in [0, 0.1) is 30.6 Å². The molecule has 1 amide bonds. The average molecular weight is 394 g/mol. The molecule has 0 aliphatic heterocycles. The van der Waals surface area contributed by atoms with Crippen molar-refractivity contribution < 1.29 is 24.2 Å². The molecule has 2 unspecified atom stereocenters. The van der Waals surface area contributed by atoms with E-state index in [0.29, 0.717) is 17.0 Å². The van der Waals surface area contributed by atoms with Crippen molar-refractivity contribution in [3.63, 3.8) is 0 Å². The van der Waals surface area contributed by atoms with Gasteiger partial charge in [0.15, 0.2) is 0 Å². The van der Waals surface area contributed by atoms with E-state index in [4.69, 9.17) is 4.74 Å². The van der Waals surface area contributed by atoms with E-state index in [0.717, 1.165) is 36.1 Å². The summed E-state index contributed by atoms with van der Waals surface area (Å²) in [6.07, 6.45) is 4.25. The second-order valence-corrected chi connectivity index (χ2v) is 8.69. The van der Waals surface area contributed by atoms with Crippen molar-refractivity contribution in [3.8, 4) is 0 Å². The van der Waals surface area contributed by atoms with Gasteiger partial charge in [-0.25, -0.2) is 4.79 Å². The summed E-state index contributed by atoms with van der Waals surface area (Å²) < 4.78 is 5.18. The molecule has 0 spiro atoms. The van der Waals surface area contributed by atoms with Crippen LogP contribution in [0.1, 0.15) is 60.3 Å². The molecule has 0 aromatic carbocycles. The van der Waals surface area contributed by atoms with Crippen LogP contribution in [0.2, 0.25) is 0 Å². The lowest BCUT2D eigenvalue weighted by molar-refractivity contribution is -0.156. The van der Waals surface area contributed by atoms with Gasteiger partial charge in [-0.3, -0.25) is 9.59 Å². The van der Waals surface area contributed by atoms with Crippen molar-refractivity contribution in [2.45, 2.75) is 52.9 Å². The standard InChI is InChI=1S/C20H27NO5S/c1-4-13-10(3)27-18(16(13)20(25)26-5-2)21-17(22)14-11-6-8-12(9-7-11)15(14)19(23)24/h11-12,14-15H,4-9H2,1-3H3,(H,21,22)(H,23,24). The number of rotatable bonds is 6. The van der Waals surface area contributed by atoms with Crippen molar-refractivity contribution in [3.05, 3.63) is 16.0 Å². The first-order chi connectivity index (χ1) is 12.9. The number of amides is 1. The quantitative estimate of drug-likeness (QED) is 0.716. The number of carbonyl (C=O) groups is 3. The van der Waals surface area contributed by atoms with Gasteiger partial charge >= 0.3 is 11.9 Å². The lowest BCUT2D eigenvalue weighted by Gasteiger charge is -2.45. The summed E-state index contributed by atoms with van der Waals surface area (Å²) in [4.78, 5) is 38.3. The molecule has 3 aliphatic rings. The average Bonchev–Trinajstić information content (AvgIpc) is 2.96. The largest absolute Gasteiger partial charge is 0.481 e. The maximum atomic E-state index is 13.1. The molecule has 1 aromatic heterocycles. The Morgan fingerprint density at radius 1 is 1.11 bits per heavy atom. The highest BCUT2D eigenvalue weighted by Gasteiger charge is 2.50. The predicted molar refractivity (Wildman–Crippen MR) is 103 cm³/mol. The molecule has 4 rings (SSSR count). The fourth-order valence-electron chi connectivity index (χ4n) is 4.89. The van der Waals surface area contributed by atoms with Crippen molar-refractivity contribution in [1.29, 1.82) is 0 Å². The topological polar surface area (TPSA) is 92.7 Å². The summed E-state index contributed by atoms with van der Waals surface area (Å²) in [6, 6.07) is 0. The number of hydrogen-bond donors (Lipinski definition) is 2. The number of hydrogen-bond acceptors (Lipinski definition) is 5. The molecule has 27 heavy (non-hydrogen) atoms. The maximum Gasteiger partial charge on any atom is 0.341 e. The molecule has 1 aromatic rings. The second kappa shape index (κ2) is 8.00. The predicted octanol–water partition coefficient (Wildman–Crippen LogP) is 3.87. The summed E-state index contributed by atoms with van der Waals surface area (Å²) >= 11 is 1.36. The van der Waals surface area contributed by atoms with E-state index in [9.17, 15) is 19.5 Å². The smallest absolute Gasteiger partial charge is 0.341 e. The molecule has 3 aliphatic carbocycles. The van der Waals surface area contributed by atoms with Gasteiger partial charge in [-0.1, -0.05) is 6.92 Å². The van der Waals surface area contributed by atoms with Crippen LogP contribution >= 0.6 is 11.3 Å². The zero-order valence-corrected chi connectivity index (χ0v) is 16.9. The Kier molecular flexibility index (Phi) is 5.89. The van der Waals surface area contributed by atoms with Gasteiger partial charge in [0.1, 0.15) is 5.00 Å². The Balaban J connectivity index is 1.89. The number of anilines is 1. The molecule has 7 heteroatoms.